The molecule has 0 aromatic carbocycles. The van der Waals surface area contributed by atoms with Crippen LogP contribution in [0.4, 0.5) is 0 Å². The van der Waals surface area contributed by atoms with Crippen molar-refractivity contribution in [1.29, 1.82) is 0 Å². The summed E-state index contributed by atoms with van der Waals surface area (Å²) in [6, 6.07) is 0.400. The van der Waals surface area contributed by atoms with Crippen molar-refractivity contribution >= 4 is 11.8 Å². The third-order valence-electron chi connectivity index (χ3n) is 5.78. The first-order valence-corrected chi connectivity index (χ1v) is 11.9. The van der Waals surface area contributed by atoms with E-state index in [-0.39, 0.29) is 11.8 Å². The lowest BCUT2D eigenvalue weighted by Crippen LogP contribution is -2.40. The van der Waals surface area contributed by atoms with E-state index >= 15 is 0 Å². The molecule has 5 nitrogen and oxygen atoms in total. The molecule has 0 aliphatic carbocycles. The molecule has 0 aromatic rings. The molecule has 164 valence electrons. The monoisotopic (exact) mass is 395 g/mol. The Bertz CT molecular complexity index is 404. The average molecular weight is 396 g/mol. The summed E-state index contributed by atoms with van der Waals surface area (Å²) in [6.45, 7) is 11.8. The minimum atomic E-state index is 0.0139. The lowest BCUT2D eigenvalue weighted by Gasteiger charge is -2.25. The highest BCUT2D eigenvalue weighted by molar-refractivity contribution is 6.01. The number of amides is 2. The van der Waals surface area contributed by atoms with E-state index in [9.17, 15) is 9.59 Å². The zero-order chi connectivity index (χ0) is 20.6. The second-order valence-corrected chi connectivity index (χ2v) is 8.28. The number of unbranched alkanes of at least 4 members (excludes halogenated alkanes) is 5. The molecule has 0 saturated carbocycles. The SMILES string of the molecule is CCCCCCC(CCN1C(=O)CCC1=O)NCCN(CCCC)CCCC. The van der Waals surface area contributed by atoms with E-state index < -0.39 is 0 Å². The quantitative estimate of drug-likeness (QED) is 0.277. The minimum absolute atomic E-state index is 0.0139. The van der Waals surface area contributed by atoms with Crippen molar-refractivity contribution in [2.45, 2.75) is 104 Å². The van der Waals surface area contributed by atoms with Crippen molar-refractivity contribution in [1.82, 2.24) is 15.1 Å². The number of nitrogens with zero attached hydrogens (tertiary/aromatic N) is 2. The predicted octanol–water partition coefficient (Wildman–Crippen LogP) is 4.36. The van der Waals surface area contributed by atoms with Gasteiger partial charge in [-0.1, -0.05) is 59.3 Å². The van der Waals surface area contributed by atoms with Gasteiger partial charge in [0.05, 0.1) is 0 Å². The van der Waals surface area contributed by atoms with E-state index in [0.29, 0.717) is 25.4 Å². The summed E-state index contributed by atoms with van der Waals surface area (Å²) >= 11 is 0. The van der Waals surface area contributed by atoms with E-state index in [1.165, 1.54) is 69.4 Å². The van der Waals surface area contributed by atoms with E-state index in [2.05, 4.69) is 31.0 Å². The van der Waals surface area contributed by atoms with E-state index in [0.717, 1.165) is 25.9 Å². The number of carbonyl (C=O) groups excluding carboxylic acids is 2. The van der Waals surface area contributed by atoms with Crippen molar-refractivity contribution in [3.8, 4) is 0 Å². The van der Waals surface area contributed by atoms with Crippen LogP contribution in [0.2, 0.25) is 0 Å². The van der Waals surface area contributed by atoms with Crippen LogP contribution in [0.15, 0.2) is 0 Å². The molecule has 1 heterocycles. The van der Waals surface area contributed by atoms with Crippen molar-refractivity contribution in [3.63, 3.8) is 0 Å². The number of likely N-dealkylation sites (tertiary alicyclic amines) is 1. The third-order valence-corrected chi connectivity index (χ3v) is 5.78. The molecule has 1 aliphatic rings. The maximum absolute atomic E-state index is 11.9. The van der Waals surface area contributed by atoms with Gasteiger partial charge in [-0.3, -0.25) is 14.5 Å². The van der Waals surface area contributed by atoms with Gasteiger partial charge in [0.1, 0.15) is 0 Å². The summed E-state index contributed by atoms with van der Waals surface area (Å²) in [7, 11) is 0. The van der Waals surface area contributed by atoms with Crippen molar-refractivity contribution in [2.75, 3.05) is 32.7 Å². The van der Waals surface area contributed by atoms with Gasteiger partial charge in [0.15, 0.2) is 0 Å². The third kappa shape index (κ3) is 10.6. The normalized spacial score (nSPS) is 15.8. The predicted molar refractivity (Wildman–Crippen MR) is 117 cm³/mol. The Morgan fingerprint density at radius 3 is 2.00 bits per heavy atom. The molecule has 1 fully saturated rings. The largest absolute Gasteiger partial charge is 0.313 e. The summed E-state index contributed by atoms with van der Waals surface area (Å²) in [5, 5.41) is 3.74. The summed E-state index contributed by atoms with van der Waals surface area (Å²) in [5.41, 5.74) is 0. The number of hydrogen-bond donors (Lipinski definition) is 1. The molecular weight excluding hydrogens is 350 g/mol. The van der Waals surface area contributed by atoms with Crippen LogP contribution >= 0.6 is 0 Å². The van der Waals surface area contributed by atoms with Crippen molar-refractivity contribution in [3.05, 3.63) is 0 Å². The lowest BCUT2D eigenvalue weighted by atomic mass is 10.0. The van der Waals surface area contributed by atoms with Gasteiger partial charge < -0.3 is 10.2 Å². The van der Waals surface area contributed by atoms with Crippen molar-refractivity contribution < 1.29 is 9.59 Å². The van der Waals surface area contributed by atoms with Crippen LogP contribution in [0.1, 0.15) is 97.8 Å². The zero-order valence-electron chi connectivity index (χ0n) is 18.8. The summed E-state index contributed by atoms with van der Waals surface area (Å²) in [4.78, 5) is 27.8. The number of hydrogen-bond acceptors (Lipinski definition) is 4. The standard InChI is InChI=1S/C23H45N3O2/c1-4-7-10-11-12-21(15-19-26-22(27)13-14-23(26)28)24-16-20-25(17-8-5-2)18-9-6-3/h21,24H,4-20H2,1-3H3. The summed E-state index contributed by atoms with van der Waals surface area (Å²) in [6.07, 6.45) is 12.9. The topological polar surface area (TPSA) is 52.7 Å². The molecule has 1 N–H and O–H groups in total. The van der Waals surface area contributed by atoms with Crippen LogP contribution in [0.3, 0.4) is 0 Å². The Kier molecular flexibility index (Phi) is 14.3. The highest BCUT2D eigenvalue weighted by atomic mass is 16.2. The molecule has 0 aromatic heterocycles. The van der Waals surface area contributed by atoms with Crippen molar-refractivity contribution in [2.24, 2.45) is 0 Å². The van der Waals surface area contributed by atoms with Gasteiger partial charge in [-0.15, -0.1) is 0 Å². The molecule has 1 atom stereocenters. The van der Waals surface area contributed by atoms with E-state index in [1.807, 2.05) is 0 Å². The van der Waals surface area contributed by atoms with Gasteiger partial charge >= 0.3 is 0 Å². The fraction of sp³-hybridized carbons (Fsp3) is 0.913. The average Bonchev–Trinajstić information content (AvgIpc) is 3.02. The van der Waals surface area contributed by atoms with Gasteiger partial charge in [-0.2, -0.15) is 0 Å². The minimum Gasteiger partial charge on any atom is -0.313 e. The Hall–Kier alpha value is -0.940. The van der Waals surface area contributed by atoms with Crippen LogP contribution < -0.4 is 5.32 Å². The number of imide groups is 1. The zero-order valence-corrected chi connectivity index (χ0v) is 18.8. The molecule has 5 heteroatoms. The van der Waals surface area contributed by atoms with Crippen LogP contribution in [0, 0.1) is 0 Å². The van der Waals surface area contributed by atoms with Gasteiger partial charge in [0.2, 0.25) is 11.8 Å². The first-order valence-electron chi connectivity index (χ1n) is 11.9. The highest BCUT2D eigenvalue weighted by Gasteiger charge is 2.28. The summed E-state index contributed by atoms with van der Waals surface area (Å²) < 4.78 is 0. The van der Waals surface area contributed by atoms with Crippen LogP contribution in [-0.4, -0.2) is 60.4 Å². The number of carbonyl (C=O) groups is 2. The maximum Gasteiger partial charge on any atom is 0.229 e. The molecule has 2 amide bonds. The Morgan fingerprint density at radius 1 is 0.821 bits per heavy atom. The fourth-order valence-electron chi connectivity index (χ4n) is 3.85. The molecule has 0 bridgehead atoms. The molecule has 1 saturated heterocycles. The number of nitrogens with one attached hydrogen (secondary N) is 1. The van der Waals surface area contributed by atoms with Gasteiger partial charge in [-0.25, -0.2) is 0 Å². The first kappa shape index (κ1) is 25.1. The smallest absolute Gasteiger partial charge is 0.229 e. The fourth-order valence-corrected chi connectivity index (χ4v) is 3.85. The Labute approximate surface area is 173 Å². The molecule has 0 spiro atoms. The molecule has 1 unspecified atom stereocenters. The van der Waals surface area contributed by atoms with E-state index in [1.54, 1.807) is 0 Å². The lowest BCUT2D eigenvalue weighted by molar-refractivity contribution is -0.138. The van der Waals surface area contributed by atoms with Gasteiger partial charge in [0.25, 0.3) is 0 Å². The molecule has 1 rings (SSSR count). The Morgan fingerprint density at radius 2 is 1.43 bits per heavy atom. The van der Waals surface area contributed by atoms with Crippen LogP contribution in [0.25, 0.3) is 0 Å². The second kappa shape index (κ2) is 15.9. The molecule has 28 heavy (non-hydrogen) atoms. The first-order chi connectivity index (χ1) is 13.6. The number of rotatable bonds is 18. The maximum atomic E-state index is 11.9. The van der Waals surface area contributed by atoms with Gasteiger partial charge in [-0.05, 0) is 38.8 Å². The van der Waals surface area contributed by atoms with Crippen LogP contribution in [-0.2, 0) is 9.59 Å². The van der Waals surface area contributed by atoms with E-state index in [4.69, 9.17) is 0 Å². The summed E-state index contributed by atoms with van der Waals surface area (Å²) in [5.74, 6) is 0.0279. The molecule has 0 radical (unpaired) electrons. The second-order valence-electron chi connectivity index (χ2n) is 8.28. The molecular formula is C23H45N3O2. The highest BCUT2D eigenvalue weighted by Crippen LogP contribution is 2.15. The molecule has 1 aliphatic heterocycles. The van der Waals surface area contributed by atoms with Crippen LogP contribution in [0.5, 0.6) is 0 Å². The Balaban J connectivity index is 2.43. The van der Waals surface area contributed by atoms with Gasteiger partial charge in [0, 0.05) is 38.5 Å².